The predicted octanol–water partition coefficient (Wildman–Crippen LogP) is 3.32. The van der Waals surface area contributed by atoms with E-state index >= 15 is 0 Å². The third-order valence-corrected chi connectivity index (χ3v) is 3.21. The van der Waals surface area contributed by atoms with Gasteiger partial charge in [0.25, 0.3) is 0 Å². The van der Waals surface area contributed by atoms with Gasteiger partial charge < -0.3 is 4.79 Å². The van der Waals surface area contributed by atoms with E-state index in [1.807, 2.05) is 0 Å². The zero-order valence-electron chi connectivity index (χ0n) is 10.9. The molecule has 3 nitrogen and oxygen atoms in total. The number of nitrogens with zero attached hydrogens (tertiary/aromatic N) is 2. The lowest BCUT2D eigenvalue weighted by molar-refractivity contribution is -0.107. The van der Waals surface area contributed by atoms with Crippen LogP contribution in [0.2, 0.25) is 0 Å². The fourth-order valence-corrected chi connectivity index (χ4v) is 2.34. The van der Waals surface area contributed by atoms with Gasteiger partial charge in [-0.3, -0.25) is 9.97 Å². The van der Waals surface area contributed by atoms with Crippen molar-refractivity contribution >= 4 is 17.2 Å². The first-order valence-electron chi connectivity index (χ1n) is 6.31. The summed E-state index contributed by atoms with van der Waals surface area (Å²) in [6, 6.07) is 5.52. The van der Waals surface area contributed by atoms with Gasteiger partial charge >= 0.3 is 0 Å². The van der Waals surface area contributed by atoms with Crippen molar-refractivity contribution < 1.29 is 13.6 Å². The van der Waals surface area contributed by atoms with Gasteiger partial charge in [0.05, 0.1) is 11.7 Å². The van der Waals surface area contributed by atoms with E-state index in [2.05, 4.69) is 9.97 Å². The lowest BCUT2D eigenvalue weighted by Crippen LogP contribution is -1.96. The second kappa shape index (κ2) is 5.36. The molecule has 0 bridgehead atoms. The summed E-state index contributed by atoms with van der Waals surface area (Å²) < 4.78 is 26.7. The van der Waals surface area contributed by atoms with Crippen LogP contribution in [0.3, 0.4) is 0 Å². The Kier molecular flexibility index (Phi) is 3.39. The first-order chi connectivity index (χ1) is 10.2. The second-order valence-corrected chi connectivity index (χ2v) is 4.58. The number of carbonyl (C=O) groups is 1. The summed E-state index contributed by atoms with van der Waals surface area (Å²) in [7, 11) is 0. The second-order valence-electron chi connectivity index (χ2n) is 4.58. The zero-order valence-corrected chi connectivity index (χ0v) is 10.9. The van der Waals surface area contributed by atoms with Crippen LogP contribution in [0.4, 0.5) is 8.78 Å². The van der Waals surface area contributed by atoms with Gasteiger partial charge in [0, 0.05) is 35.8 Å². The summed E-state index contributed by atoms with van der Waals surface area (Å²) in [5, 5.41) is 0.656. The Morgan fingerprint density at radius 2 is 1.90 bits per heavy atom. The fraction of sp³-hybridized carbons (Fsp3) is 0.0625. The Morgan fingerprint density at radius 1 is 1.05 bits per heavy atom. The van der Waals surface area contributed by atoms with E-state index < -0.39 is 11.6 Å². The average molecular weight is 284 g/mol. The Bertz CT molecular complexity index is 834. The van der Waals surface area contributed by atoms with Crippen LogP contribution >= 0.6 is 0 Å². The lowest BCUT2D eigenvalue weighted by Gasteiger charge is -2.11. The van der Waals surface area contributed by atoms with Gasteiger partial charge in [-0.2, -0.15) is 0 Å². The molecule has 2 heterocycles. The Hall–Kier alpha value is -2.69. The summed E-state index contributed by atoms with van der Waals surface area (Å²) in [6.07, 6.45) is 5.02. The van der Waals surface area contributed by atoms with Crippen LogP contribution < -0.4 is 0 Å². The number of pyridine rings is 2. The van der Waals surface area contributed by atoms with Crippen LogP contribution in [-0.4, -0.2) is 16.3 Å². The number of aromatic nitrogens is 2. The number of fused-ring (bicyclic) bond motifs is 1. The minimum absolute atomic E-state index is 0.145. The van der Waals surface area contributed by atoms with Crippen molar-refractivity contribution in [2.24, 2.45) is 0 Å². The first-order valence-corrected chi connectivity index (χ1v) is 6.31. The first kappa shape index (κ1) is 13.3. The molecule has 0 spiro atoms. The highest BCUT2D eigenvalue weighted by atomic mass is 19.1. The summed E-state index contributed by atoms with van der Waals surface area (Å²) in [6.45, 7) is 0. The van der Waals surface area contributed by atoms with E-state index in [4.69, 9.17) is 0 Å². The van der Waals surface area contributed by atoms with Crippen molar-refractivity contribution in [1.29, 1.82) is 0 Å². The Labute approximate surface area is 119 Å². The Balaban J connectivity index is 2.35. The maximum Gasteiger partial charge on any atom is 0.142 e. The van der Waals surface area contributed by atoms with Crippen molar-refractivity contribution in [2.45, 2.75) is 6.42 Å². The van der Waals surface area contributed by atoms with Crippen molar-refractivity contribution in [1.82, 2.24) is 9.97 Å². The SMILES string of the molecule is O=CCc1cnc2cc(F)ccc2c1-c1cncc(F)c1. The van der Waals surface area contributed by atoms with Crippen LogP contribution in [0.1, 0.15) is 5.56 Å². The van der Waals surface area contributed by atoms with Gasteiger partial charge in [0.1, 0.15) is 17.9 Å². The molecule has 1 aromatic carbocycles. The molecule has 3 rings (SSSR count). The van der Waals surface area contributed by atoms with E-state index in [9.17, 15) is 13.6 Å². The molecule has 0 saturated carbocycles. The zero-order chi connectivity index (χ0) is 14.8. The van der Waals surface area contributed by atoms with Crippen LogP contribution in [0, 0.1) is 11.6 Å². The average Bonchev–Trinajstić information content (AvgIpc) is 2.47. The topological polar surface area (TPSA) is 42.9 Å². The minimum Gasteiger partial charge on any atom is -0.303 e. The van der Waals surface area contributed by atoms with E-state index in [-0.39, 0.29) is 6.42 Å². The number of hydrogen-bond acceptors (Lipinski definition) is 3. The van der Waals surface area contributed by atoms with Crippen LogP contribution in [0.25, 0.3) is 22.0 Å². The minimum atomic E-state index is -0.475. The number of halogens is 2. The molecule has 0 unspecified atom stereocenters. The maximum atomic E-state index is 13.4. The smallest absolute Gasteiger partial charge is 0.142 e. The molecule has 0 atom stereocenters. The van der Waals surface area contributed by atoms with E-state index in [1.54, 1.807) is 6.07 Å². The highest BCUT2D eigenvalue weighted by molar-refractivity contribution is 5.96. The van der Waals surface area contributed by atoms with Crippen LogP contribution in [0.15, 0.2) is 42.9 Å². The van der Waals surface area contributed by atoms with E-state index in [0.29, 0.717) is 27.6 Å². The third kappa shape index (κ3) is 2.50. The number of rotatable bonds is 3. The molecule has 21 heavy (non-hydrogen) atoms. The van der Waals surface area contributed by atoms with Gasteiger partial charge in [-0.1, -0.05) is 0 Å². The van der Waals surface area contributed by atoms with Crippen molar-refractivity contribution in [3.63, 3.8) is 0 Å². The molecule has 104 valence electrons. The number of aldehydes is 1. The van der Waals surface area contributed by atoms with E-state index in [1.165, 1.54) is 30.6 Å². The van der Waals surface area contributed by atoms with Crippen molar-refractivity contribution in [3.8, 4) is 11.1 Å². The third-order valence-electron chi connectivity index (χ3n) is 3.21. The molecule has 0 aliphatic heterocycles. The van der Waals surface area contributed by atoms with Crippen molar-refractivity contribution in [3.05, 3.63) is 60.1 Å². The molecule has 3 aromatic rings. The lowest BCUT2D eigenvalue weighted by atomic mass is 9.96. The standard InChI is InChI=1S/C16H10F2N2O/c17-12-1-2-14-15(6-12)20-8-10(3-4-21)16(14)11-5-13(18)9-19-7-11/h1-2,4-9H,3H2. The number of carbonyl (C=O) groups excluding carboxylic acids is 1. The molecule has 2 aromatic heterocycles. The molecule has 0 fully saturated rings. The van der Waals surface area contributed by atoms with E-state index in [0.717, 1.165) is 12.5 Å². The largest absolute Gasteiger partial charge is 0.303 e. The summed E-state index contributed by atoms with van der Waals surface area (Å²) in [5.41, 5.74) is 2.28. The maximum absolute atomic E-state index is 13.4. The highest BCUT2D eigenvalue weighted by Crippen LogP contribution is 2.31. The van der Waals surface area contributed by atoms with Crippen molar-refractivity contribution in [2.75, 3.05) is 0 Å². The quantitative estimate of drug-likeness (QED) is 0.693. The predicted molar refractivity (Wildman–Crippen MR) is 74.7 cm³/mol. The van der Waals surface area contributed by atoms with Gasteiger partial charge in [-0.25, -0.2) is 8.78 Å². The highest BCUT2D eigenvalue weighted by Gasteiger charge is 2.12. The number of benzene rings is 1. The van der Waals surface area contributed by atoms with Gasteiger partial charge in [-0.15, -0.1) is 0 Å². The molecule has 0 saturated heterocycles. The molecule has 0 aliphatic carbocycles. The molecule has 0 radical (unpaired) electrons. The molecular formula is C16H10F2N2O. The molecule has 5 heteroatoms. The van der Waals surface area contributed by atoms with Gasteiger partial charge in [0.15, 0.2) is 0 Å². The summed E-state index contributed by atoms with van der Waals surface area (Å²) in [5.74, 6) is -0.877. The molecule has 0 N–H and O–H groups in total. The fourth-order valence-electron chi connectivity index (χ4n) is 2.34. The van der Waals surface area contributed by atoms with Crippen LogP contribution in [0.5, 0.6) is 0 Å². The molecule has 0 aliphatic rings. The monoisotopic (exact) mass is 284 g/mol. The van der Waals surface area contributed by atoms with Gasteiger partial charge in [0.2, 0.25) is 0 Å². The molecular weight excluding hydrogens is 274 g/mol. The van der Waals surface area contributed by atoms with Crippen LogP contribution in [-0.2, 0) is 11.2 Å². The summed E-state index contributed by atoms with van der Waals surface area (Å²) >= 11 is 0. The number of hydrogen-bond donors (Lipinski definition) is 0. The Morgan fingerprint density at radius 3 is 2.67 bits per heavy atom. The summed E-state index contributed by atoms with van der Waals surface area (Å²) in [4.78, 5) is 18.8. The van der Waals surface area contributed by atoms with Gasteiger partial charge in [-0.05, 0) is 29.3 Å². The molecule has 0 amide bonds. The normalized spacial score (nSPS) is 10.8.